The van der Waals surface area contributed by atoms with Crippen LogP contribution in [-0.4, -0.2) is 10.5 Å². The number of hydrogen-bond acceptors (Lipinski definition) is 4. The predicted octanol–water partition coefficient (Wildman–Crippen LogP) is 3.59. The second-order valence-corrected chi connectivity index (χ2v) is 7.36. The molecule has 0 radical (unpaired) electrons. The summed E-state index contributed by atoms with van der Waals surface area (Å²) in [5.41, 5.74) is 5.68. The van der Waals surface area contributed by atoms with Crippen molar-refractivity contribution in [3.63, 3.8) is 0 Å². The Morgan fingerprint density at radius 3 is 2.69 bits per heavy atom. The fraction of sp³-hybridized carbons (Fsp3) is 0.222. The van der Waals surface area contributed by atoms with Gasteiger partial charge in [0, 0.05) is 24.1 Å². The number of pyridine rings is 1. The molecule has 0 aliphatic heterocycles. The highest BCUT2D eigenvalue weighted by Crippen LogP contribution is 2.39. The van der Waals surface area contributed by atoms with E-state index in [9.17, 15) is 18.4 Å². The number of rotatable bonds is 5. The first-order valence-corrected chi connectivity index (χ1v) is 8.94. The average Bonchev–Trinajstić information content (AvgIpc) is 3.32. The zero-order valence-corrected chi connectivity index (χ0v) is 14.4. The molecule has 0 unspecified atom stereocenters. The number of carbonyl (C=O) groups excluding carboxylic acids is 1. The van der Waals surface area contributed by atoms with Crippen LogP contribution in [0.15, 0.2) is 35.1 Å². The van der Waals surface area contributed by atoms with Gasteiger partial charge in [-0.3, -0.25) is 14.2 Å². The zero-order chi connectivity index (χ0) is 18.4. The molecule has 1 saturated carbocycles. The maximum atomic E-state index is 14.0. The molecule has 1 aliphatic carbocycles. The summed E-state index contributed by atoms with van der Waals surface area (Å²) in [5.74, 6) is -1.70. The van der Waals surface area contributed by atoms with E-state index in [1.807, 2.05) is 0 Å². The van der Waals surface area contributed by atoms with Crippen LogP contribution in [0.5, 0.6) is 0 Å². The first-order valence-electron chi connectivity index (χ1n) is 8.12. The number of fused-ring (bicyclic) bond motifs is 1. The van der Waals surface area contributed by atoms with Crippen LogP contribution in [0.2, 0.25) is 0 Å². The quantitative estimate of drug-likeness (QED) is 0.715. The molecular weight excluding hydrogens is 360 g/mol. The first-order chi connectivity index (χ1) is 12.4. The summed E-state index contributed by atoms with van der Waals surface area (Å²) in [5, 5.41) is 3.44. The molecule has 0 spiro atoms. The van der Waals surface area contributed by atoms with Crippen LogP contribution in [-0.2, 0) is 6.54 Å². The highest BCUT2D eigenvalue weighted by Gasteiger charge is 2.25. The van der Waals surface area contributed by atoms with Crippen LogP contribution in [0.1, 0.15) is 22.5 Å². The highest BCUT2D eigenvalue weighted by molar-refractivity contribution is 7.21. The van der Waals surface area contributed by atoms with E-state index in [0.29, 0.717) is 28.4 Å². The van der Waals surface area contributed by atoms with E-state index >= 15 is 0 Å². The summed E-state index contributed by atoms with van der Waals surface area (Å²) in [4.78, 5) is 25.0. The molecule has 0 atom stereocenters. The van der Waals surface area contributed by atoms with Crippen LogP contribution in [0.4, 0.5) is 20.2 Å². The summed E-state index contributed by atoms with van der Waals surface area (Å²) in [7, 11) is 0. The van der Waals surface area contributed by atoms with E-state index in [0.717, 1.165) is 36.3 Å². The molecular formula is C18H15F2N3O2S. The lowest BCUT2D eigenvalue weighted by Gasteiger charge is -2.09. The van der Waals surface area contributed by atoms with Gasteiger partial charge in [0.1, 0.15) is 21.3 Å². The Kier molecular flexibility index (Phi) is 3.99. The van der Waals surface area contributed by atoms with Crippen molar-refractivity contribution in [2.24, 2.45) is 11.7 Å². The number of nitrogens with zero attached hydrogens (tertiary/aromatic N) is 1. The summed E-state index contributed by atoms with van der Waals surface area (Å²) in [6, 6.07) is 6.14. The first kappa shape index (κ1) is 16.7. The summed E-state index contributed by atoms with van der Waals surface area (Å²) < 4.78 is 28.8. The number of halogens is 2. The topological polar surface area (TPSA) is 77.1 Å². The van der Waals surface area contributed by atoms with Crippen LogP contribution >= 0.6 is 11.3 Å². The van der Waals surface area contributed by atoms with Crippen LogP contribution in [0.3, 0.4) is 0 Å². The van der Waals surface area contributed by atoms with Gasteiger partial charge < -0.3 is 11.1 Å². The Morgan fingerprint density at radius 1 is 1.27 bits per heavy atom. The fourth-order valence-electron chi connectivity index (χ4n) is 2.89. The Morgan fingerprint density at radius 2 is 2.04 bits per heavy atom. The molecule has 0 bridgehead atoms. The van der Waals surface area contributed by atoms with E-state index in [1.165, 1.54) is 12.1 Å². The minimum Gasteiger partial charge on any atom is -0.365 e. The van der Waals surface area contributed by atoms with Gasteiger partial charge in [0.2, 0.25) is 0 Å². The van der Waals surface area contributed by atoms with Crippen LogP contribution in [0, 0.1) is 17.6 Å². The van der Waals surface area contributed by atoms with E-state index in [2.05, 4.69) is 5.32 Å². The van der Waals surface area contributed by atoms with E-state index in [1.54, 1.807) is 10.6 Å². The average molecular weight is 375 g/mol. The monoisotopic (exact) mass is 375 g/mol. The van der Waals surface area contributed by atoms with Crippen molar-refractivity contribution >= 4 is 38.8 Å². The molecule has 1 fully saturated rings. The van der Waals surface area contributed by atoms with Crippen molar-refractivity contribution in [2.75, 3.05) is 5.32 Å². The minimum absolute atomic E-state index is 0.0218. The second kappa shape index (κ2) is 6.21. The SMILES string of the molecule is NC(=O)c1sc2c(ccc(=O)n2CC2CC2)c1Nc1ccc(F)cc1F. The lowest BCUT2D eigenvalue weighted by Crippen LogP contribution is -2.19. The predicted molar refractivity (Wildman–Crippen MR) is 97.0 cm³/mol. The van der Waals surface area contributed by atoms with Gasteiger partial charge in [0.05, 0.1) is 11.4 Å². The summed E-state index contributed by atoms with van der Waals surface area (Å²) in [6.45, 7) is 0.583. The van der Waals surface area contributed by atoms with Gasteiger partial charge in [-0.15, -0.1) is 11.3 Å². The molecule has 26 heavy (non-hydrogen) atoms. The molecule has 2 heterocycles. The van der Waals surface area contributed by atoms with Crippen molar-refractivity contribution in [2.45, 2.75) is 19.4 Å². The summed E-state index contributed by atoms with van der Waals surface area (Å²) in [6.07, 6.45) is 2.14. The van der Waals surface area contributed by atoms with Crippen molar-refractivity contribution in [3.05, 3.63) is 57.2 Å². The van der Waals surface area contributed by atoms with E-state index in [-0.39, 0.29) is 16.1 Å². The van der Waals surface area contributed by atoms with Gasteiger partial charge in [-0.2, -0.15) is 0 Å². The Bertz CT molecular complexity index is 1090. The Hall–Kier alpha value is -2.74. The van der Waals surface area contributed by atoms with Crippen molar-refractivity contribution in [3.8, 4) is 0 Å². The van der Waals surface area contributed by atoms with Gasteiger partial charge in [-0.1, -0.05) is 0 Å². The normalized spacial score (nSPS) is 13.9. The molecule has 4 rings (SSSR count). The highest BCUT2D eigenvalue weighted by atomic mass is 32.1. The van der Waals surface area contributed by atoms with Gasteiger partial charge in [0.15, 0.2) is 0 Å². The largest absolute Gasteiger partial charge is 0.365 e. The number of benzene rings is 1. The van der Waals surface area contributed by atoms with E-state index < -0.39 is 17.5 Å². The molecule has 5 nitrogen and oxygen atoms in total. The Labute approximate surface area is 151 Å². The molecule has 2 aromatic heterocycles. The molecule has 134 valence electrons. The molecule has 8 heteroatoms. The van der Waals surface area contributed by atoms with Gasteiger partial charge in [-0.05, 0) is 37.0 Å². The lowest BCUT2D eigenvalue weighted by molar-refractivity contribution is 0.100. The lowest BCUT2D eigenvalue weighted by atomic mass is 10.2. The molecule has 1 amide bonds. The smallest absolute Gasteiger partial charge is 0.261 e. The maximum absolute atomic E-state index is 14.0. The number of primary amides is 1. The second-order valence-electron chi connectivity index (χ2n) is 6.36. The minimum atomic E-state index is -0.786. The van der Waals surface area contributed by atoms with Crippen LogP contribution < -0.4 is 16.6 Å². The number of thiophene rings is 1. The third-order valence-corrected chi connectivity index (χ3v) is 5.62. The van der Waals surface area contributed by atoms with Gasteiger partial charge in [-0.25, -0.2) is 8.78 Å². The Balaban J connectivity index is 1.88. The number of nitrogens with one attached hydrogen (secondary N) is 1. The fourth-order valence-corrected chi connectivity index (χ4v) is 4.00. The van der Waals surface area contributed by atoms with Gasteiger partial charge >= 0.3 is 0 Å². The van der Waals surface area contributed by atoms with Crippen LogP contribution in [0.25, 0.3) is 10.2 Å². The molecule has 3 N–H and O–H groups in total. The third-order valence-electron chi connectivity index (χ3n) is 4.38. The van der Waals surface area contributed by atoms with E-state index in [4.69, 9.17) is 5.73 Å². The third kappa shape index (κ3) is 2.96. The number of carbonyl (C=O) groups is 1. The number of hydrogen-bond donors (Lipinski definition) is 2. The zero-order valence-electron chi connectivity index (χ0n) is 13.6. The molecule has 0 saturated heterocycles. The van der Waals surface area contributed by atoms with Gasteiger partial charge in [0.25, 0.3) is 11.5 Å². The number of aromatic nitrogens is 1. The van der Waals surface area contributed by atoms with Crippen molar-refractivity contribution in [1.29, 1.82) is 0 Å². The summed E-state index contributed by atoms with van der Waals surface area (Å²) >= 11 is 1.10. The molecule has 3 aromatic rings. The van der Waals surface area contributed by atoms with Crippen molar-refractivity contribution < 1.29 is 13.6 Å². The van der Waals surface area contributed by atoms with Crippen molar-refractivity contribution in [1.82, 2.24) is 4.57 Å². The maximum Gasteiger partial charge on any atom is 0.261 e. The number of nitrogens with two attached hydrogens (primary N) is 1. The number of amides is 1. The number of anilines is 2. The molecule has 1 aliphatic rings. The molecule has 1 aromatic carbocycles. The standard InChI is InChI=1S/C18H15F2N3O2S/c19-10-3-5-13(12(20)7-10)22-15-11-4-6-14(24)23(8-9-1-2-9)18(11)26-16(15)17(21)25/h3-7,9,22H,1-2,8H2,(H2,21,25).